The number of fused-ring (bicyclic) bond motifs is 2. The summed E-state index contributed by atoms with van der Waals surface area (Å²) < 4.78 is 11.1. The number of hydrogen-bond donors (Lipinski definition) is 2. The molecule has 2 aromatic rings. The lowest BCUT2D eigenvalue weighted by Gasteiger charge is -2.48. The molecule has 2 N–H and O–H groups in total. The highest BCUT2D eigenvalue weighted by Crippen LogP contribution is 2.36. The second kappa shape index (κ2) is 9.61. The highest BCUT2D eigenvalue weighted by atomic mass is 16.6. The summed E-state index contributed by atoms with van der Waals surface area (Å²) in [6.07, 6.45) is 4.39. The van der Waals surface area contributed by atoms with Crippen molar-refractivity contribution < 1.29 is 24.2 Å². The number of carbonyl (C=O) groups is 2. The fourth-order valence-electron chi connectivity index (χ4n) is 4.96. The summed E-state index contributed by atoms with van der Waals surface area (Å²) in [7, 11) is 1.58. The zero-order valence-electron chi connectivity index (χ0n) is 18.5. The molecule has 7 nitrogen and oxygen atoms in total. The van der Waals surface area contributed by atoms with E-state index in [-0.39, 0.29) is 6.10 Å². The summed E-state index contributed by atoms with van der Waals surface area (Å²) in [4.78, 5) is 26.2. The normalized spacial score (nSPS) is 22.8. The van der Waals surface area contributed by atoms with Gasteiger partial charge in [0.05, 0.1) is 18.4 Å². The predicted octanol–water partition coefficient (Wildman–Crippen LogP) is 4.84. The Kier molecular flexibility index (Phi) is 6.65. The van der Waals surface area contributed by atoms with Crippen LogP contribution in [0.15, 0.2) is 42.5 Å². The van der Waals surface area contributed by atoms with Gasteiger partial charge in [-0.25, -0.2) is 9.59 Å². The van der Waals surface area contributed by atoms with Gasteiger partial charge in [0.15, 0.2) is 0 Å². The van der Waals surface area contributed by atoms with Crippen molar-refractivity contribution in [1.82, 2.24) is 4.90 Å². The number of carbonyl (C=O) groups excluding carboxylic acids is 1. The monoisotopic (exact) mass is 438 g/mol. The topological polar surface area (TPSA) is 88.1 Å². The third kappa shape index (κ3) is 5.05. The van der Waals surface area contributed by atoms with Crippen molar-refractivity contribution in [2.75, 3.05) is 12.4 Å². The van der Waals surface area contributed by atoms with Crippen molar-refractivity contribution in [3.8, 4) is 5.75 Å². The van der Waals surface area contributed by atoms with Crippen LogP contribution in [0.25, 0.3) is 0 Å². The van der Waals surface area contributed by atoms with Crippen LogP contribution in [0.5, 0.6) is 5.75 Å². The summed E-state index contributed by atoms with van der Waals surface area (Å²) in [6, 6.07) is 13.4. The zero-order chi connectivity index (χ0) is 22.7. The highest BCUT2D eigenvalue weighted by Gasteiger charge is 2.39. The molecule has 1 amide bonds. The van der Waals surface area contributed by atoms with E-state index in [4.69, 9.17) is 14.6 Å². The number of piperidine rings is 2. The Hall–Kier alpha value is -3.06. The Balaban J connectivity index is 1.37. The predicted molar refractivity (Wildman–Crippen MR) is 121 cm³/mol. The van der Waals surface area contributed by atoms with Crippen LogP contribution in [0.2, 0.25) is 0 Å². The third-order valence-electron chi connectivity index (χ3n) is 6.51. The van der Waals surface area contributed by atoms with E-state index in [2.05, 4.69) is 10.2 Å². The maximum atomic E-state index is 12.6. The van der Waals surface area contributed by atoms with Gasteiger partial charge in [-0.15, -0.1) is 0 Å². The number of amides is 1. The van der Waals surface area contributed by atoms with Crippen molar-refractivity contribution in [2.24, 2.45) is 0 Å². The van der Waals surface area contributed by atoms with Crippen LogP contribution >= 0.6 is 0 Å². The van der Waals surface area contributed by atoms with Gasteiger partial charge in [-0.3, -0.25) is 10.2 Å². The minimum absolute atomic E-state index is 0.119. The molecule has 2 unspecified atom stereocenters. The van der Waals surface area contributed by atoms with Gasteiger partial charge in [-0.1, -0.05) is 24.6 Å². The van der Waals surface area contributed by atoms with E-state index in [1.54, 1.807) is 19.2 Å². The van der Waals surface area contributed by atoms with Gasteiger partial charge in [0.25, 0.3) is 0 Å². The van der Waals surface area contributed by atoms with Crippen molar-refractivity contribution in [3.05, 3.63) is 59.2 Å². The van der Waals surface area contributed by atoms with Crippen LogP contribution in [0.3, 0.4) is 0 Å². The van der Waals surface area contributed by atoms with Crippen LogP contribution in [0, 0.1) is 6.92 Å². The molecule has 170 valence electrons. The molecule has 2 aromatic carbocycles. The van der Waals surface area contributed by atoms with Crippen molar-refractivity contribution in [3.63, 3.8) is 0 Å². The van der Waals surface area contributed by atoms with E-state index >= 15 is 0 Å². The molecule has 2 saturated heterocycles. The molecular weight excluding hydrogens is 408 g/mol. The van der Waals surface area contributed by atoms with E-state index in [9.17, 15) is 9.59 Å². The number of rotatable bonds is 6. The quantitative estimate of drug-likeness (QED) is 0.671. The summed E-state index contributed by atoms with van der Waals surface area (Å²) >= 11 is 0. The number of carboxylic acid groups (broad SMARTS) is 1. The second-order valence-electron chi connectivity index (χ2n) is 8.74. The number of aryl methyl sites for hydroxylation is 1. The van der Waals surface area contributed by atoms with E-state index in [0.29, 0.717) is 29.1 Å². The molecule has 0 aromatic heterocycles. The van der Waals surface area contributed by atoms with Crippen LogP contribution in [-0.2, 0) is 11.3 Å². The van der Waals surface area contributed by atoms with Crippen molar-refractivity contribution >= 4 is 17.7 Å². The zero-order valence-corrected chi connectivity index (χ0v) is 18.5. The molecule has 2 bridgehead atoms. The number of nitrogens with one attached hydrogen (secondary N) is 1. The first-order valence-corrected chi connectivity index (χ1v) is 11.1. The van der Waals surface area contributed by atoms with E-state index in [1.165, 1.54) is 6.42 Å². The Bertz CT molecular complexity index is 961. The van der Waals surface area contributed by atoms with Crippen LogP contribution in [0.1, 0.15) is 53.6 Å². The fourth-order valence-corrected chi connectivity index (χ4v) is 4.96. The molecule has 2 atom stereocenters. The molecule has 2 heterocycles. The summed E-state index contributed by atoms with van der Waals surface area (Å²) in [6.45, 7) is 2.75. The molecule has 4 rings (SSSR count). The van der Waals surface area contributed by atoms with Crippen molar-refractivity contribution in [1.29, 1.82) is 0 Å². The number of ether oxygens (including phenoxy) is 2. The Morgan fingerprint density at radius 3 is 2.41 bits per heavy atom. The molecule has 2 fully saturated rings. The molecule has 2 aliphatic rings. The van der Waals surface area contributed by atoms with Gasteiger partial charge < -0.3 is 14.6 Å². The van der Waals surface area contributed by atoms with Gasteiger partial charge in [0.1, 0.15) is 11.9 Å². The Labute approximate surface area is 188 Å². The standard InChI is InChI=1S/C25H30N2O5/c1-16-6-11-23(31-2)22(12-16)26-25(30)32-21-13-19-4-3-5-20(14-21)27(19)15-17-7-9-18(10-8-17)24(28)29/h6-12,19-21H,3-5,13-15H2,1-2H3,(H,26,30)(H,28,29). The smallest absolute Gasteiger partial charge is 0.412 e. The van der Waals surface area contributed by atoms with Gasteiger partial charge in [-0.05, 0) is 55.2 Å². The first-order valence-electron chi connectivity index (χ1n) is 11.1. The first kappa shape index (κ1) is 22.1. The lowest BCUT2D eigenvalue weighted by atomic mass is 9.82. The third-order valence-corrected chi connectivity index (χ3v) is 6.51. The summed E-state index contributed by atoms with van der Waals surface area (Å²) in [5, 5.41) is 11.9. The number of aromatic carboxylic acids is 1. The first-order chi connectivity index (χ1) is 15.4. The largest absolute Gasteiger partial charge is 0.495 e. The fraction of sp³-hybridized carbons (Fsp3) is 0.440. The van der Waals surface area contributed by atoms with Crippen molar-refractivity contribution in [2.45, 2.75) is 63.8 Å². The van der Waals surface area contributed by atoms with E-state index < -0.39 is 12.1 Å². The maximum Gasteiger partial charge on any atom is 0.412 e. The molecule has 32 heavy (non-hydrogen) atoms. The molecule has 0 saturated carbocycles. The Morgan fingerprint density at radius 1 is 1.09 bits per heavy atom. The van der Waals surface area contributed by atoms with Crippen LogP contribution in [0.4, 0.5) is 10.5 Å². The number of nitrogens with zero attached hydrogens (tertiary/aromatic N) is 1. The molecular formula is C25H30N2O5. The lowest BCUT2D eigenvalue weighted by molar-refractivity contribution is -0.0348. The van der Waals surface area contributed by atoms with Crippen LogP contribution in [-0.4, -0.2) is 47.4 Å². The lowest BCUT2D eigenvalue weighted by Crippen LogP contribution is -2.53. The summed E-state index contributed by atoms with van der Waals surface area (Å²) in [5.74, 6) is -0.305. The molecule has 0 radical (unpaired) electrons. The minimum Gasteiger partial charge on any atom is -0.495 e. The summed E-state index contributed by atoms with van der Waals surface area (Å²) in [5.41, 5.74) is 3.05. The van der Waals surface area contributed by atoms with E-state index in [0.717, 1.165) is 43.4 Å². The SMILES string of the molecule is COc1ccc(C)cc1NC(=O)OC1CC2CCCC(C1)N2Cc1ccc(C(=O)O)cc1. The van der Waals surface area contributed by atoms with Gasteiger partial charge >= 0.3 is 12.1 Å². The van der Waals surface area contributed by atoms with Gasteiger partial charge in [-0.2, -0.15) is 0 Å². The Morgan fingerprint density at radius 2 is 1.78 bits per heavy atom. The van der Waals surface area contributed by atoms with E-state index in [1.807, 2.05) is 37.3 Å². The number of methoxy groups -OCH3 is 1. The number of carboxylic acids is 1. The molecule has 2 aliphatic heterocycles. The minimum atomic E-state index is -0.909. The molecule has 0 aliphatic carbocycles. The van der Waals surface area contributed by atoms with Gasteiger partial charge in [0.2, 0.25) is 0 Å². The number of anilines is 1. The average molecular weight is 439 g/mol. The molecule has 7 heteroatoms. The highest BCUT2D eigenvalue weighted by molar-refractivity contribution is 5.87. The van der Waals surface area contributed by atoms with Crippen LogP contribution < -0.4 is 10.1 Å². The average Bonchev–Trinajstić information content (AvgIpc) is 2.75. The number of benzene rings is 2. The maximum absolute atomic E-state index is 12.6. The van der Waals surface area contributed by atoms with Gasteiger partial charge in [0, 0.05) is 31.5 Å². The number of hydrogen-bond acceptors (Lipinski definition) is 5. The second-order valence-corrected chi connectivity index (χ2v) is 8.74. The molecule has 0 spiro atoms.